The number of amides is 6. The van der Waals surface area contributed by atoms with Crippen LogP contribution in [0, 0.1) is 0 Å². The van der Waals surface area contributed by atoms with Gasteiger partial charge in [-0.15, -0.1) is 11.3 Å². The minimum atomic E-state index is -1.07. The molecule has 6 amide bonds. The number of hydrogen-bond acceptors (Lipinski definition) is 7. The zero-order valence-electron chi connectivity index (χ0n) is 19.5. The lowest BCUT2D eigenvalue weighted by Crippen LogP contribution is -2.54. The number of anilines is 1. The minimum absolute atomic E-state index is 0.0291. The van der Waals surface area contributed by atoms with E-state index in [0.717, 1.165) is 9.60 Å². The maximum atomic E-state index is 13.0. The van der Waals surface area contributed by atoms with Crippen molar-refractivity contribution in [2.45, 2.75) is 38.3 Å². The van der Waals surface area contributed by atoms with Crippen LogP contribution in [-0.4, -0.2) is 45.6 Å². The van der Waals surface area contributed by atoms with E-state index in [1.807, 2.05) is 0 Å². The highest BCUT2D eigenvalue weighted by molar-refractivity contribution is 7.18. The van der Waals surface area contributed by atoms with Crippen molar-refractivity contribution in [3.8, 4) is 0 Å². The Balaban J connectivity index is 1.31. The van der Waals surface area contributed by atoms with E-state index in [1.54, 1.807) is 26.0 Å². The van der Waals surface area contributed by atoms with Crippen molar-refractivity contribution in [1.82, 2.24) is 20.5 Å². The first-order valence-electron chi connectivity index (χ1n) is 11.2. The zero-order chi connectivity index (χ0) is 26.6. The molecule has 1 saturated heterocycles. The zero-order valence-corrected chi connectivity index (χ0v) is 21.8. The van der Waals surface area contributed by atoms with Crippen LogP contribution in [0.5, 0.6) is 0 Å². The predicted octanol–water partition coefficient (Wildman–Crippen LogP) is 4.06. The molecule has 5 rings (SSSR count). The van der Waals surface area contributed by atoms with Gasteiger partial charge in [-0.25, -0.2) is 9.78 Å². The number of piperidine rings is 1. The second kappa shape index (κ2) is 9.09. The van der Waals surface area contributed by atoms with Gasteiger partial charge in [-0.3, -0.25) is 29.4 Å². The molecule has 1 aromatic heterocycles. The topological polar surface area (TPSA) is 138 Å². The Bertz CT molecular complexity index is 1500. The molecule has 0 aliphatic carbocycles. The number of benzene rings is 2. The second-order valence-electron chi connectivity index (χ2n) is 9.16. The first kappa shape index (κ1) is 25.1. The fourth-order valence-electron chi connectivity index (χ4n) is 4.24. The Morgan fingerprint density at radius 3 is 2.51 bits per heavy atom. The lowest BCUT2D eigenvalue weighted by atomic mass is 10.0. The lowest BCUT2D eigenvalue weighted by Gasteiger charge is -2.27. The van der Waals surface area contributed by atoms with E-state index in [2.05, 4.69) is 20.9 Å². The van der Waals surface area contributed by atoms with E-state index < -0.39 is 41.2 Å². The number of nitrogens with one attached hydrogen (secondary N) is 3. The molecule has 190 valence electrons. The van der Waals surface area contributed by atoms with Gasteiger partial charge in [-0.1, -0.05) is 23.2 Å². The van der Waals surface area contributed by atoms with Gasteiger partial charge in [-0.2, -0.15) is 0 Å². The van der Waals surface area contributed by atoms with Gasteiger partial charge < -0.3 is 10.6 Å². The molecule has 2 aliphatic heterocycles. The van der Waals surface area contributed by atoms with Gasteiger partial charge in [0.1, 0.15) is 11.0 Å². The summed E-state index contributed by atoms with van der Waals surface area (Å²) in [6.07, 6.45) is 0.0875. The Morgan fingerprint density at radius 1 is 1.08 bits per heavy atom. The van der Waals surface area contributed by atoms with Gasteiger partial charge in [0.15, 0.2) is 0 Å². The number of halogens is 2. The molecule has 10 nitrogen and oxygen atoms in total. The van der Waals surface area contributed by atoms with Crippen molar-refractivity contribution in [3.05, 3.63) is 56.5 Å². The van der Waals surface area contributed by atoms with Crippen LogP contribution in [0.2, 0.25) is 10.0 Å². The van der Waals surface area contributed by atoms with Gasteiger partial charge in [0.2, 0.25) is 11.8 Å². The average Bonchev–Trinajstić information content (AvgIpc) is 3.33. The molecular formula is C24H19Cl2N5O5S. The molecule has 13 heteroatoms. The number of carbonyl (C=O) groups is 5. The fraction of sp³-hybridized carbons (Fsp3) is 0.250. The van der Waals surface area contributed by atoms with Crippen molar-refractivity contribution in [3.63, 3.8) is 0 Å². The average molecular weight is 560 g/mol. The van der Waals surface area contributed by atoms with E-state index in [1.165, 1.54) is 29.5 Å². The summed E-state index contributed by atoms with van der Waals surface area (Å²) in [6, 6.07) is 6.06. The molecule has 3 N–H and O–H groups in total. The summed E-state index contributed by atoms with van der Waals surface area (Å²) in [4.78, 5) is 67.8. The molecule has 0 radical (unpaired) electrons. The summed E-state index contributed by atoms with van der Waals surface area (Å²) < 4.78 is 0.821. The largest absolute Gasteiger partial charge is 0.326 e. The van der Waals surface area contributed by atoms with Crippen molar-refractivity contribution >= 4 is 80.1 Å². The lowest BCUT2D eigenvalue weighted by molar-refractivity contribution is -0.136. The Morgan fingerprint density at radius 2 is 1.78 bits per heavy atom. The smallest absolute Gasteiger partial charge is 0.319 e. The minimum Gasteiger partial charge on any atom is -0.326 e. The van der Waals surface area contributed by atoms with E-state index >= 15 is 0 Å². The normalized spacial score (nSPS) is 17.7. The maximum Gasteiger partial charge on any atom is 0.319 e. The van der Waals surface area contributed by atoms with Crippen LogP contribution in [0.1, 0.15) is 52.4 Å². The Labute approximate surface area is 224 Å². The van der Waals surface area contributed by atoms with Gasteiger partial charge in [0, 0.05) is 12.1 Å². The number of rotatable bonds is 4. The van der Waals surface area contributed by atoms with Crippen LogP contribution >= 0.6 is 34.5 Å². The van der Waals surface area contributed by atoms with Crippen LogP contribution < -0.4 is 16.0 Å². The first-order valence-corrected chi connectivity index (χ1v) is 12.7. The molecule has 1 unspecified atom stereocenters. The molecule has 1 fully saturated rings. The Kier molecular flexibility index (Phi) is 6.17. The monoisotopic (exact) mass is 559 g/mol. The van der Waals surface area contributed by atoms with Crippen molar-refractivity contribution in [2.75, 3.05) is 5.32 Å². The number of hydrogen-bond donors (Lipinski definition) is 3. The standard InChI is InChI=1S/C24H19Cl2N5O5S/c1-24(2,22-28-15-8-13(25)14(26)9-17(15)37-22)30-23(36)27-10-3-4-11-12(7-10)21(35)31(20(11)34)16-5-6-18(32)29-19(16)33/h3-4,7-9,16H,5-6H2,1-2H3,(H2,27,30,36)(H,29,32,33). The molecule has 37 heavy (non-hydrogen) atoms. The molecule has 2 aliphatic rings. The molecular weight excluding hydrogens is 541 g/mol. The molecule has 3 aromatic rings. The van der Waals surface area contributed by atoms with Crippen molar-refractivity contribution < 1.29 is 24.0 Å². The molecule has 0 bridgehead atoms. The number of imide groups is 2. The predicted molar refractivity (Wildman–Crippen MR) is 138 cm³/mol. The van der Waals surface area contributed by atoms with Crippen LogP contribution in [-0.2, 0) is 15.1 Å². The summed E-state index contributed by atoms with van der Waals surface area (Å²) in [5.74, 6) is -2.42. The van der Waals surface area contributed by atoms with E-state index in [-0.39, 0.29) is 29.7 Å². The van der Waals surface area contributed by atoms with Crippen LogP contribution in [0.3, 0.4) is 0 Å². The highest BCUT2D eigenvalue weighted by Crippen LogP contribution is 2.35. The summed E-state index contributed by atoms with van der Waals surface area (Å²) in [7, 11) is 0. The summed E-state index contributed by atoms with van der Waals surface area (Å²) >= 11 is 13.5. The first-order chi connectivity index (χ1) is 17.4. The molecule has 3 heterocycles. The third kappa shape index (κ3) is 4.54. The third-order valence-corrected chi connectivity index (χ3v) is 8.15. The highest BCUT2D eigenvalue weighted by atomic mass is 35.5. The fourth-order valence-corrected chi connectivity index (χ4v) is 5.67. The number of fused-ring (bicyclic) bond motifs is 2. The SMILES string of the molecule is CC(C)(NC(=O)Nc1ccc2c(c1)C(=O)N(C1CCC(=O)NC1=O)C2=O)c1nc2cc(Cl)c(Cl)cc2s1. The quantitative estimate of drug-likeness (QED) is 0.412. The molecule has 0 spiro atoms. The summed E-state index contributed by atoms with van der Waals surface area (Å²) in [6.45, 7) is 3.58. The summed E-state index contributed by atoms with van der Waals surface area (Å²) in [5, 5.41) is 9.11. The number of nitrogens with zero attached hydrogens (tertiary/aromatic N) is 2. The number of aromatic nitrogens is 1. The van der Waals surface area contributed by atoms with E-state index in [4.69, 9.17) is 23.2 Å². The Hall–Kier alpha value is -3.54. The van der Waals surface area contributed by atoms with Crippen LogP contribution in [0.25, 0.3) is 10.2 Å². The van der Waals surface area contributed by atoms with Crippen LogP contribution in [0.4, 0.5) is 10.5 Å². The van der Waals surface area contributed by atoms with E-state index in [0.29, 0.717) is 20.6 Å². The van der Waals surface area contributed by atoms with Gasteiger partial charge in [0.25, 0.3) is 11.8 Å². The highest BCUT2D eigenvalue weighted by Gasteiger charge is 2.44. The van der Waals surface area contributed by atoms with Gasteiger partial charge in [-0.05, 0) is 50.6 Å². The van der Waals surface area contributed by atoms with Gasteiger partial charge in [0.05, 0.1) is 36.9 Å². The number of carbonyl (C=O) groups excluding carboxylic acids is 5. The maximum absolute atomic E-state index is 13.0. The number of thiazole rings is 1. The van der Waals surface area contributed by atoms with Crippen molar-refractivity contribution in [1.29, 1.82) is 0 Å². The van der Waals surface area contributed by atoms with E-state index in [9.17, 15) is 24.0 Å². The summed E-state index contributed by atoms with van der Waals surface area (Å²) in [5.41, 5.74) is 0.255. The molecule has 2 aromatic carbocycles. The third-order valence-electron chi connectivity index (χ3n) is 6.09. The van der Waals surface area contributed by atoms with Gasteiger partial charge >= 0.3 is 6.03 Å². The molecule has 1 atom stereocenters. The molecule has 0 saturated carbocycles. The second-order valence-corrected chi connectivity index (χ2v) is 11.0. The van der Waals surface area contributed by atoms with Crippen molar-refractivity contribution in [2.24, 2.45) is 0 Å². The number of urea groups is 1. The van der Waals surface area contributed by atoms with Crippen LogP contribution in [0.15, 0.2) is 30.3 Å².